The Morgan fingerprint density at radius 1 is 1.31 bits per heavy atom. The van der Waals surface area contributed by atoms with Gasteiger partial charge in [0.2, 0.25) is 0 Å². The number of carbonyl (C=O) groups excluding carboxylic acids is 1. The molecule has 0 saturated carbocycles. The van der Waals surface area contributed by atoms with E-state index in [0.29, 0.717) is 12.2 Å². The fraction of sp³-hybridized carbons (Fsp3) is 0.316. The smallest absolute Gasteiger partial charge is 0.322 e. The summed E-state index contributed by atoms with van der Waals surface area (Å²) < 4.78 is 5.19. The van der Waals surface area contributed by atoms with Crippen LogP contribution in [0.3, 0.4) is 0 Å². The molecule has 3 rings (SSSR count). The third-order valence-electron chi connectivity index (χ3n) is 4.58. The number of hydrogen-bond donors (Lipinski definition) is 1. The minimum atomic E-state index is -0.498. The summed E-state index contributed by atoms with van der Waals surface area (Å²) in [5.41, 5.74) is 2.61. The van der Waals surface area contributed by atoms with Crippen LogP contribution >= 0.6 is 0 Å². The van der Waals surface area contributed by atoms with Gasteiger partial charge in [-0.25, -0.2) is 4.79 Å². The van der Waals surface area contributed by atoms with E-state index in [9.17, 15) is 14.9 Å². The monoisotopic (exact) mass is 355 g/mol. The van der Waals surface area contributed by atoms with Crippen molar-refractivity contribution in [1.29, 1.82) is 0 Å². The largest absolute Gasteiger partial charge is 0.494 e. The number of nitro benzene ring substituents is 1. The standard InChI is InChI=1S/C19H21N3O4/c1-13-5-3-6-14(11-13)17-7-4-10-21(17)19(23)20-16-9-8-15(22(24)25)12-18(16)26-2/h3,5-6,8-9,11-12,17H,4,7,10H2,1-2H3,(H,20,23). The lowest BCUT2D eigenvalue weighted by atomic mass is 10.0. The number of rotatable bonds is 4. The van der Waals surface area contributed by atoms with Gasteiger partial charge in [-0.1, -0.05) is 29.8 Å². The Morgan fingerprint density at radius 3 is 2.81 bits per heavy atom. The molecule has 0 aliphatic carbocycles. The average Bonchev–Trinajstić information content (AvgIpc) is 3.11. The molecule has 2 amide bonds. The van der Waals surface area contributed by atoms with Crippen LogP contribution in [0.25, 0.3) is 0 Å². The molecular formula is C19H21N3O4. The molecule has 2 aromatic carbocycles. The van der Waals surface area contributed by atoms with Crippen molar-refractivity contribution in [1.82, 2.24) is 4.90 Å². The van der Waals surface area contributed by atoms with Crippen LogP contribution < -0.4 is 10.1 Å². The van der Waals surface area contributed by atoms with E-state index < -0.39 is 4.92 Å². The van der Waals surface area contributed by atoms with Crippen LogP contribution in [0.2, 0.25) is 0 Å². The number of aryl methyl sites for hydroxylation is 1. The van der Waals surface area contributed by atoms with Gasteiger partial charge in [-0.3, -0.25) is 10.1 Å². The number of hydrogen-bond acceptors (Lipinski definition) is 4. The summed E-state index contributed by atoms with van der Waals surface area (Å²) in [7, 11) is 1.42. The predicted molar refractivity (Wildman–Crippen MR) is 98.5 cm³/mol. The second-order valence-corrected chi connectivity index (χ2v) is 6.34. The highest BCUT2D eigenvalue weighted by atomic mass is 16.6. The van der Waals surface area contributed by atoms with Gasteiger partial charge in [0.1, 0.15) is 5.75 Å². The van der Waals surface area contributed by atoms with Gasteiger partial charge < -0.3 is 15.0 Å². The third-order valence-corrected chi connectivity index (χ3v) is 4.58. The molecule has 26 heavy (non-hydrogen) atoms. The molecule has 1 heterocycles. The molecule has 0 radical (unpaired) electrons. The van der Waals surface area contributed by atoms with Crippen molar-refractivity contribution in [3.05, 3.63) is 63.7 Å². The lowest BCUT2D eigenvalue weighted by Crippen LogP contribution is -2.34. The van der Waals surface area contributed by atoms with Crippen LogP contribution in [-0.2, 0) is 0 Å². The number of nitro groups is 1. The number of likely N-dealkylation sites (tertiary alicyclic amines) is 1. The molecule has 1 aliphatic rings. The van der Waals surface area contributed by atoms with Gasteiger partial charge in [0.25, 0.3) is 5.69 Å². The summed E-state index contributed by atoms with van der Waals surface area (Å²) in [6, 6.07) is 12.1. The van der Waals surface area contributed by atoms with E-state index in [-0.39, 0.29) is 23.5 Å². The van der Waals surface area contributed by atoms with Crippen molar-refractivity contribution < 1.29 is 14.5 Å². The fourth-order valence-electron chi connectivity index (χ4n) is 3.32. The molecule has 1 fully saturated rings. The van der Waals surface area contributed by atoms with E-state index in [4.69, 9.17) is 4.74 Å². The van der Waals surface area contributed by atoms with E-state index >= 15 is 0 Å². The maximum Gasteiger partial charge on any atom is 0.322 e. The molecule has 0 bridgehead atoms. The van der Waals surface area contributed by atoms with Gasteiger partial charge in [-0.15, -0.1) is 0 Å². The summed E-state index contributed by atoms with van der Waals surface area (Å²) >= 11 is 0. The number of urea groups is 1. The molecule has 0 aromatic heterocycles. The zero-order valence-corrected chi connectivity index (χ0v) is 14.8. The van der Waals surface area contributed by atoms with Crippen molar-refractivity contribution in [2.75, 3.05) is 19.0 Å². The average molecular weight is 355 g/mol. The van der Waals surface area contributed by atoms with Crippen LogP contribution in [0.1, 0.15) is 30.0 Å². The highest BCUT2D eigenvalue weighted by molar-refractivity contribution is 5.91. The fourth-order valence-corrected chi connectivity index (χ4v) is 3.32. The van der Waals surface area contributed by atoms with Gasteiger partial charge in [-0.2, -0.15) is 0 Å². The number of amides is 2. The highest BCUT2D eigenvalue weighted by Crippen LogP contribution is 2.34. The molecule has 7 nitrogen and oxygen atoms in total. The summed E-state index contributed by atoms with van der Waals surface area (Å²) in [6.07, 6.45) is 1.84. The summed E-state index contributed by atoms with van der Waals surface area (Å²) in [4.78, 5) is 25.0. The topological polar surface area (TPSA) is 84.7 Å². The number of benzene rings is 2. The molecule has 7 heteroatoms. The van der Waals surface area contributed by atoms with Gasteiger partial charge in [0, 0.05) is 12.6 Å². The van der Waals surface area contributed by atoms with E-state index in [0.717, 1.165) is 24.0 Å². The predicted octanol–water partition coefficient (Wildman–Crippen LogP) is 4.28. The molecule has 1 saturated heterocycles. The Hall–Kier alpha value is -3.09. The van der Waals surface area contributed by atoms with Gasteiger partial charge in [0.05, 0.1) is 29.8 Å². The molecule has 0 spiro atoms. The zero-order chi connectivity index (χ0) is 18.7. The number of methoxy groups -OCH3 is 1. The van der Waals surface area contributed by atoms with E-state index in [1.807, 2.05) is 25.1 Å². The second kappa shape index (κ2) is 7.43. The van der Waals surface area contributed by atoms with Crippen LogP contribution in [0.15, 0.2) is 42.5 Å². The van der Waals surface area contributed by atoms with Crippen molar-refractivity contribution >= 4 is 17.4 Å². The SMILES string of the molecule is COc1cc([N+](=O)[O-])ccc1NC(=O)N1CCCC1c1cccc(C)c1. The first-order valence-electron chi connectivity index (χ1n) is 8.46. The number of anilines is 1. The van der Waals surface area contributed by atoms with Crippen molar-refractivity contribution in [2.45, 2.75) is 25.8 Å². The molecule has 1 unspecified atom stereocenters. The molecular weight excluding hydrogens is 334 g/mol. The normalized spacial score (nSPS) is 16.4. The first kappa shape index (κ1) is 17.7. The van der Waals surface area contributed by atoms with Crippen molar-refractivity contribution in [3.63, 3.8) is 0 Å². The maximum absolute atomic E-state index is 12.8. The first-order valence-corrected chi connectivity index (χ1v) is 8.46. The Balaban J connectivity index is 1.80. The van der Waals surface area contributed by atoms with Crippen LogP contribution in [-0.4, -0.2) is 29.5 Å². The lowest BCUT2D eigenvalue weighted by Gasteiger charge is -2.26. The minimum absolute atomic E-state index is 0.0268. The number of ether oxygens (including phenoxy) is 1. The first-order chi connectivity index (χ1) is 12.5. The van der Waals surface area contributed by atoms with E-state index in [1.54, 1.807) is 4.90 Å². The van der Waals surface area contributed by atoms with Crippen molar-refractivity contribution in [3.8, 4) is 5.75 Å². The summed E-state index contributed by atoms with van der Waals surface area (Å²) in [6.45, 7) is 2.70. The lowest BCUT2D eigenvalue weighted by molar-refractivity contribution is -0.384. The molecule has 2 aromatic rings. The van der Waals surface area contributed by atoms with E-state index in [2.05, 4.69) is 11.4 Å². The highest BCUT2D eigenvalue weighted by Gasteiger charge is 2.30. The van der Waals surface area contributed by atoms with Crippen LogP contribution in [0, 0.1) is 17.0 Å². The molecule has 1 aliphatic heterocycles. The maximum atomic E-state index is 12.8. The number of carbonyl (C=O) groups is 1. The number of nitrogens with zero attached hydrogens (tertiary/aromatic N) is 2. The van der Waals surface area contributed by atoms with Gasteiger partial charge in [0.15, 0.2) is 0 Å². The summed E-state index contributed by atoms with van der Waals surface area (Å²) in [5.74, 6) is 0.263. The molecule has 1 atom stereocenters. The number of non-ortho nitro benzene ring substituents is 1. The van der Waals surface area contributed by atoms with Crippen LogP contribution in [0.5, 0.6) is 5.75 Å². The summed E-state index contributed by atoms with van der Waals surface area (Å²) in [5, 5.41) is 13.7. The molecule has 136 valence electrons. The van der Waals surface area contributed by atoms with Gasteiger partial charge in [-0.05, 0) is 31.4 Å². The minimum Gasteiger partial charge on any atom is -0.494 e. The number of nitrogens with one attached hydrogen (secondary N) is 1. The van der Waals surface area contributed by atoms with E-state index in [1.165, 1.54) is 25.3 Å². The Kier molecular flexibility index (Phi) is 5.06. The van der Waals surface area contributed by atoms with Crippen LogP contribution in [0.4, 0.5) is 16.2 Å². The molecule has 1 N–H and O–H groups in total. The third kappa shape index (κ3) is 3.61. The Morgan fingerprint density at radius 2 is 2.12 bits per heavy atom. The van der Waals surface area contributed by atoms with Gasteiger partial charge >= 0.3 is 6.03 Å². The second-order valence-electron chi connectivity index (χ2n) is 6.34. The quantitative estimate of drug-likeness (QED) is 0.655. The Bertz CT molecular complexity index is 837. The van der Waals surface area contributed by atoms with Crippen molar-refractivity contribution in [2.24, 2.45) is 0 Å². The Labute approximate surface area is 151 Å². The zero-order valence-electron chi connectivity index (χ0n) is 14.8.